The Bertz CT molecular complexity index is 615. The second-order valence-corrected chi connectivity index (χ2v) is 8.20. The topological polar surface area (TPSA) is 51.7 Å². The number of amides is 2. The number of carbonyl (C=O) groups excluding carboxylic acids is 1. The van der Waals surface area contributed by atoms with E-state index < -0.39 is 0 Å². The van der Waals surface area contributed by atoms with Crippen molar-refractivity contribution >= 4 is 17.5 Å². The number of nitrogens with one attached hydrogen (secondary N) is 1. The van der Waals surface area contributed by atoms with Gasteiger partial charge in [-0.15, -0.1) is 0 Å². The molecule has 1 aromatic heterocycles. The fourth-order valence-electron chi connectivity index (χ4n) is 4.73. The van der Waals surface area contributed by atoms with Crippen LogP contribution in [0.1, 0.15) is 51.4 Å². The number of hydrogen-bond donors (Lipinski definition) is 1. The van der Waals surface area contributed by atoms with Gasteiger partial charge in [0.2, 0.25) is 0 Å². The molecule has 1 aromatic rings. The molecule has 0 aromatic carbocycles. The maximum atomic E-state index is 12.6. The number of rotatable bonds is 3. The van der Waals surface area contributed by atoms with E-state index in [1.54, 1.807) is 0 Å². The van der Waals surface area contributed by atoms with Crippen molar-refractivity contribution in [1.82, 2.24) is 14.8 Å². The molecule has 3 aliphatic rings. The van der Waals surface area contributed by atoms with Crippen LogP contribution in [0.3, 0.4) is 0 Å². The van der Waals surface area contributed by atoms with Crippen molar-refractivity contribution in [2.45, 2.75) is 57.4 Å². The molecule has 0 spiro atoms. The fourth-order valence-corrected chi connectivity index (χ4v) is 4.73. The molecular formula is C21H33N5O. The van der Waals surface area contributed by atoms with Crippen molar-refractivity contribution in [3.63, 3.8) is 0 Å². The molecular weight excluding hydrogens is 338 g/mol. The normalized spacial score (nSPS) is 22.7. The van der Waals surface area contributed by atoms with Crippen LogP contribution in [0.2, 0.25) is 0 Å². The van der Waals surface area contributed by atoms with Crippen molar-refractivity contribution in [3.05, 3.63) is 18.3 Å². The highest BCUT2D eigenvalue weighted by atomic mass is 16.2. The number of urea groups is 1. The number of piperazine rings is 1. The molecule has 4 rings (SSSR count). The molecule has 27 heavy (non-hydrogen) atoms. The lowest BCUT2D eigenvalue weighted by Crippen LogP contribution is -2.50. The van der Waals surface area contributed by atoms with Crippen LogP contribution in [-0.2, 0) is 0 Å². The van der Waals surface area contributed by atoms with E-state index in [9.17, 15) is 4.79 Å². The molecule has 3 fully saturated rings. The number of anilines is 2. The summed E-state index contributed by atoms with van der Waals surface area (Å²) < 4.78 is 0. The Morgan fingerprint density at radius 1 is 0.926 bits per heavy atom. The lowest BCUT2D eigenvalue weighted by Gasteiger charge is -2.38. The smallest absolute Gasteiger partial charge is 0.321 e. The SMILES string of the molecule is O=C(Nc1ccnc(N2CCN(C3CCCC3)CC2)c1)N1CCCCCC1. The number of likely N-dealkylation sites (tertiary alicyclic amines) is 1. The van der Waals surface area contributed by atoms with Gasteiger partial charge in [0.25, 0.3) is 0 Å². The second kappa shape index (κ2) is 8.91. The summed E-state index contributed by atoms with van der Waals surface area (Å²) in [4.78, 5) is 24.1. The summed E-state index contributed by atoms with van der Waals surface area (Å²) in [5, 5.41) is 3.08. The van der Waals surface area contributed by atoms with Gasteiger partial charge >= 0.3 is 6.03 Å². The van der Waals surface area contributed by atoms with Crippen molar-refractivity contribution in [2.24, 2.45) is 0 Å². The third kappa shape index (κ3) is 4.72. The molecule has 6 nitrogen and oxygen atoms in total. The fraction of sp³-hybridized carbons (Fsp3) is 0.714. The van der Waals surface area contributed by atoms with Gasteiger partial charge in [-0.3, -0.25) is 4.90 Å². The van der Waals surface area contributed by atoms with E-state index in [-0.39, 0.29) is 6.03 Å². The van der Waals surface area contributed by atoms with Gasteiger partial charge in [0.15, 0.2) is 0 Å². The number of pyridine rings is 1. The van der Waals surface area contributed by atoms with Crippen LogP contribution in [-0.4, -0.2) is 66.1 Å². The highest BCUT2D eigenvalue weighted by molar-refractivity contribution is 5.89. The number of carbonyl (C=O) groups is 1. The monoisotopic (exact) mass is 371 g/mol. The molecule has 2 amide bonds. The highest BCUT2D eigenvalue weighted by Crippen LogP contribution is 2.26. The van der Waals surface area contributed by atoms with Crippen molar-refractivity contribution < 1.29 is 4.79 Å². The summed E-state index contributed by atoms with van der Waals surface area (Å²) in [6.07, 6.45) is 12.0. The Morgan fingerprint density at radius 3 is 2.33 bits per heavy atom. The van der Waals surface area contributed by atoms with Gasteiger partial charge in [0.05, 0.1) is 0 Å². The minimum absolute atomic E-state index is 0.0279. The standard InChI is InChI=1S/C21H33N5O/c27-21(26-11-5-1-2-6-12-26)23-18-9-10-22-20(17-18)25-15-13-24(14-16-25)19-7-3-4-8-19/h9-10,17,19H,1-8,11-16H2,(H,22,23,27). The lowest BCUT2D eigenvalue weighted by atomic mass is 10.2. The van der Waals surface area contributed by atoms with Gasteiger partial charge in [0, 0.05) is 63.3 Å². The Hall–Kier alpha value is -1.82. The van der Waals surface area contributed by atoms with E-state index in [0.29, 0.717) is 0 Å². The van der Waals surface area contributed by atoms with Gasteiger partial charge in [-0.05, 0) is 31.7 Å². The first kappa shape index (κ1) is 18.5. The molecule has 1 N–H and O–H groups in total. The quantitative estimate of drug-likeness (QED) is 0.883. The van der Waals surface area contributed by atoms with E-state index in [4.69, 9.17) is 0 Å². The predicted molar refractivity (Wildman–Crippen MR) is 109 cm³/mol. The summed E-state index contributed by atoms with van der Waals surface area (Å²) >= 11 is 0. The van der Waals surface area contributed by atoms with Crippen molar-refractivity contribution in [1.29, 1.82) is 0 Å². The number of aromatic nitrogens is 1. The van der Waals surface area contributed by atoms with Gasteiger partial charge < -0.3 is 15.1 Å². The number of hydrogen-bond acceptors (Lipinski definition) is 4. The Kier molecular flexibility index (Phi) is 6.12. The molecule has 0 radical (unpaired) electrons. The molecule has 1 aliphatic carbocycles. The summed E-state index contributed by atoms with van der Waals surface area (Å²) in [6.45, 7) is 6.02. The van der Waals surface area contributed by atoms with Crippen LogP contribution in [0.5, 0.6) is 0 Å². The number of nitrogens with zero attached hydrogens (tertiary/aromatic N) is 4. The van der Waals surface area contributed by atoms with Crippen LogP contribution < -0.4 is 10.2 Å². The molecule has 148 valence electrons. The predicted octanol–water partition coefficient (Wildman–Crippen LogP) is 3.55. The average Bonchev–Trinajstić information content (AvgIpc) is 3.10. The molecule has 3 heterocycles. The van der Waals surface area contributed by atoms with Crippen LogP contribution >= 0.6 is 0 Å². The molecule has 2 aliphatic heterocycles. The third-order valence-electron chi connectivity index (χ3n) is 6.37. The van der Waals surface area contributed by atoms with Gasteiger partial charge in [0.1, 0.15) is 5.82 Å². The maximum absolute atomic E-state index is 12.6. The Labute approximate surface area is 162 Å². The van der Waals surface area contributed by atoms with Crippen LogP contribution in [0, 0.1) is 0 Å². The molecule has 0 unspecified atom stereocenters. The van der Waals surface area contributed by atoms with E-state index >= 15 is 0 Å². The van der Waals surface area contributed by atoms with Crippen LogP contribution in [0.4, 0.5) is 16.3 Å². The summed E-state index contributed by atoms with van der Waals surface area (Å²) in [5.74, 6) is 0.981. The first-order valence-electron chi connectivity index (χ1n) is 10.8. The molecule has 0 atom stereocenters. The minimum Gasteiger partial charge on any atom is -0.354 e. The minimum atomic E-state index is 0.0279. The zero-order valence-corrected chi connectivity index (χ0v) is 16.4. The first-order chi connectivity index (χ1) is 13.3. The Morgan fingerprint density at radius 2 is 1.63 bits per heavy atom. The lowest BCUT2D eigenvalue weighted by molar-refractivity contribution is 0.187. The van der Waals surface area contributed by atoms with E-state index in [1.807, 2.05) is 23.2 Å². The van der Waals surface area contributed by atoms with Crippen molar-refractivity contribution in [3.8, 4) is 0 Å². The van der Waals surface area contributed by atoms with E-state index in [2.05, 4.69) is 20.1 Å². The van der Waals surface area contributed by atoms with Crippen molar-refractivity contribution in [2.75, 3.05) is 49.5 Å². The molecule has 6 heteroatoms. The van der Waals surface area contributed by atoms with Crippen LogP contribution in [0.15, 0.2) is 18.3 Å². The average molecular weight is 372 g/mol. The zero-order chi connectivity index (χ0) is 18.5. The first-order valence-corrected chi connectivity index (χ1v) is 10.8. The van der Waals surface area contributed by atoms with Gasteiger partial charge in [-0.1, -0.05) is 25.7 Å². The molecule has 2 saturated heterocycles. The van der Waals surface area contributed by atoms with E-state index in [1.165, 1.54) is 38.5 Å². The summed E-state index contributed by atoms with van der Waals surface area (Å²) in [7, 11) is 0. The summed E-state index contributed by atoms with van der Waals surface area (Å²) in [6, 6.07) is 4.76. The zero-order valence-electron chi connectivity index (χ0n) is 16.4. The largest absolute Gasteiger partial charge is 0.354 e. The highest BCUT2D eigenvalue weighted by Gasteiger charge is 2.26. The third-order valence-corrected chi connectivity index (χ3v) is 6.37. The van der Waals surface area contributed by atoms with Crippen LogP contribution in [0.25, 0.3) is 0 Å². The molecule has 0 bridgehead atoms. The molecule has 1 saturated carbocycles. The second-order valence-electron chi connectivity index (χ2n) is 8.20. The maximum Gasteiger partial charge on any atom is 0.321 e. The van der Waals surface area contributed by atoms with E-state index in [0.717, 1.165) is 69.7 Å². The summed E-state index contributed by atoms with van der Waals surface area (Å²) in [5.41, 5.74) is 0.854. The Balaban J connectivity index is 1.33. The van der Waals surface area contributed by atoms with Gasteiger partial charge in [-0.25, -0.2) is 9.78 Å². The van der Waals surface area contributed by atoms with Gasteiger partial charge in [-0.2, -0.15) is 0 Å².